The number of hydrogen-bond acceptors (Lipinski definition) is 5. The minimum atomic E-state index is -0.260. The van der Waals surface area contributed by atoms with Gasteiger partial charge in [-0.25, -0.2) is 4.98 Å². The average Bonchev–Trinajstić information content (AvgIpc) is 3.38. The molecular weight excluding hydrogens is 411 g/mol. The number of anilines is 1. The van der Waals surface area contributed by atoms with Crippen LogP contribution >= 0.6 is 24.8 Å². The number of rotatable bonds is 3. The van der Waals surface area contributed by atoms with E-state index >= 15 is 0 Å². The molecule has 2 aromatic rings. The van der Waals surface area contributed by atoms with Crippen molar-refractivity contribution < 1.29 is 9.53 Å². The van der Waals surface area contributed by atoms with Crippen LogP contribution in [0.15, 0.2) is 24.5 Å². The maximum absolute atomic E-state index is 12.7. The van der Waals surface area contributed by atoms with E-state index in [4.69, 9.17) is 4.74 Å². The van der Waals surface area contributed by atoms with Gasteiger partial charge in [0.15, 0.2) is 0 Å². The largest absolute Gasteiger partial charge is 0.461 e. The quantitative estimate of drug-likeness (QED) is 0.684. The molecule has 0 radical (unpaired) electrons. The van der Waals surface area contributed by atoms with E-state index in [1.165, 1.54) is 23.9 Å². The van der Waals surface area contributed by atoms with Crippen molar-refractivity contribution in [3.63, 3.8) is 0 Å². The van der Waals surface area contributed by atoms with Crippen LogP contribution in [0.5, 0.6) is 0 Å². The summed E-state index contributed by atoms with van der Waals surface area (Å²) in [6.07, 6.45) is 9.26. The van der Waals surface area contributed by atoms with Crippen LogP contribution in [0.2, 0.25) is 0 Å². The second-order valence-electron chi connectivity index (χ2n) is 8.50. The van der Waals surface area contributed by atoms with Crippen LogP contribution in [-0.2, 0) is 16.6 Å². The molecule has 5 heterocycles. The van der Waals surface area contributed by atoms with Gasteiger partial charge in [-0.3, -0.25) is 9.69 Å². The molecule has 1 atom stereocenters. The minimum absolute atomic E-state index is 0. The van der Waals surface area contributed by atoms with Gasteiger partial charge in [-0.05, 0) is 50.9 Å². The van der Waals surface area contributed by atoms with Crippen molar-refractivity contribution in [3.8, 4) is 0 Å². The van der Waals surface area contributed by atoms with E-state index in [2.05, 4.69) is 37.7 Å². The summed E-state index contributed by atoms with van der Waals surface area (Å²) in [5, 5.41) is 1.19. The maximum Gasteiger partial charge on any atom is 0.312 e. The van der Waals surface area contributed by atoms with Gasteiger partial charge in [0.05, 0.1) is 5.41 Å². The van der Waals surface area contributed by atoms with Crippen molar-refractivity contribution in [1.82, 2.24) is 14.5 Å². The molecule has 1 unspecified atom stereocenters. The third-order valence-electron chi connectivity index (χ3n) is 6.79. The fraction of sp³-hybridized carbons (Fsp3) is 0.619. The van der Waals surface area contributed by atoms with Gasteiger partial charge in [0.1, 0.15) is 11.8 Å². The number of likely N-dealkylation sites (tertiary alicyclic amines) is 1. The zero-order chi connectivity index (χ0) is 18.4. The van der Waals surface area contributed by atoms with Crippen molar-refractivity contribution in [2.75, 3.05) is 37.6 Å². The van der Waals surface area contributed by atoms with Gasteiger partial charge in [-0.1, -0.05) is 0 Å². The van der Waals surface area contributed by atoms with Crippen LogP contribution in [0, 0.1) is 5.41 Å². The number of pyridine rings is 1. The first kappa shape index (κ1) is 22.2. The summed E-state index contributed by atoms with van der Waals surface area (Å²) < 4.78 is 7.88. The summed E-state index contributed by atoms with van der Waals surface area (Å²) in [5.74, 6) is 0.0472. The van der Waals surface area contributed by atoms with Crippen molar-refractivity contribution in [2.24, 2.45) is 12.5 Å². The Hall–Kier alpha value is -1.50. The fourth-order valence-electron chi connectivity index (χ4n) is 5.20. The number of fused-ring (bicyclic) bond motifs is 1. The van der Waals surface area contributed by atoms with Gasteiger partial charge in [-0.15, -0.1) is 24.8 Å². The summed E-state index contributed by atoms with van der Waals surface area (Å²) in [5.41, 5.74) is 1.98. The standard InChI is InChI=1S/C21H28N4O2.2ClH/c1-23-11-5-17-18(4-8-22-19(17)23)25-12-6-21(7-13-25)14-16(27-20(21)26)15-24-9-2-3-10-24;;/h4-5,8,11,16H,2-3,6-7,9-10,12-15H2,1H3;2*1H. The fourth-order valence-corrected chi connectivity index (χ4v) is 5.20. The lowest BCUT2D eigenvalue weighted by Gasteiger charge is -2.38. The molecule has 1 spiro atoms. The van der Waals surface area contributed by atoms with Crippen molar-refractivity contribution >= 4 is 47.5 Å². The molecule has 6 nitrogen and oxygen atoms in total. The number of cyclic esters (lactones) is 1. The third-order valence-corrected chi connectivity index (χ3v) is 6.79. The Morgan fingerprint density at radius 1 is 1.14 bits per heavy atom. The number of carbonyl (C=O) groups excluding carboxylic acids is 1. The second-order valence-corrected chi connectivity index (χ2v) is 8.50. The Bertz CT molecular complexity index is 857. The van der Waals surface area contributed by atoms with Gasteiger partial charge >= 0.3 is 5.97 Å². The second kappa shape index (κ2) is 8.70. The smallest absolute Gasteiger partial charge is 0.312 e. The normalized spacial score (nSPS) is 23.8. The lowest BCUT2D eigenvalue weighted by atomic mass is 9.76. The molecule has 3 fully saturated rings. The first-order valence-electron chi connectivity index (χ1n) is 10.2. The molecule has 0 saturated carbocycles. The van der Waals surface area contributed by atoms with E-state index < -0.39 is 0 Å². The average molecular weight is 441 g/mol. The van der Waals surface area contributed by atoms with Gasteiger partial charge in [0.2, 0.25) is 0 Å². The topological polar surface area (TPSA) is 50.6 Å². The molecule has 3 aliphatic heterocycles. The molecule has 0 amide bonds. The Labute approximate surface area is 184 Å². The van der Waals surface area contributed by atoms with Gasteiger partial charge in [0, 0.05) is 56.6 Å². The van der Waals surface area contributed by atoms with Crippen LogP contribution in [0.3, 0.4) is 0 Å². The minimum Gasteiger partial charge on any atom is -0.461 e. The number of carbonyl (C=O) groups is 1. The maximum atomic E-state index is 12.7. The highest BCUT2D eigenvalue weighted by atomic mass is 35.5. The number of esters is 1. The molecule has 29 heavy (non-hydrogen) atoms. The van der Waals surface area contributed by atoms with Crippen LogP contribution in [0.1, 0.15) is 32.1 Å². The van der Waals surface area contributed by atoms with Gasteiger partial charge in [-0.2, -0.15) is 0 Å². The summed E-state index contributed by atoms with van der Waals surface area (Å²) in [6, 6.07) is 4.24. The van der Waals surface area contributed by atoms with Gasteiger partial charge < -0.3 is 14.2 Å². The van der Waals surface area contributed by atoms with Crippen LogP contribution in [-0.4, -0.2) is 59.2 Å². The lowest BCUT2D eigenvalue weighted by molar-refractivity contribution is -0.150. The highest BCUT2D eigenvalue weighted by Gasteiger charge is 2.50. The van der Waals surface area contributed by atoms with Gasteiger partial charge in [0.25, 0.3) is 0 Å². The molecule has 3 saturated heterocycles. The number of nitrogens with zero attached hydrogens (tertiary/aromatic N) is 4. The van der Waals surface area contributed by atoms with E-state index in [1.54, 1.807) is 0 Å². The molecule has 0 bridgehead atoms. The van der Waals surface area contributed by atoms with Crippen LogP contribution < -0.4 is 4.90 Å². The first-order chi connectivity index (χ1) is 13.1. The Kier molecular flexibility index (Phi) is 6.66. The first-order valence-corrected chi connectivity index (χ1v) is 10.2. The predicted molar refractivity (Wildman–Crippen MR) is 119 cm³/mol. The molecule has 0 aliphatic carbocycles. The predicted octanol–water partition coefficient (Wildman–Crippen LogP) is 3.41. The number of piperidine rings is 1. The molecule has 8 heteroatoms. The highest BCUT2D eigenvalue weighted by molar-refractivity contribution is 5.90. The Morgan fingerprint density at radius 2 is 1.86 bits per heavy atom. The van der Waals surface area contributed by atoms with E-state index in [9.17, 15) is 4.79 Å². The number of aryl methyl sites for hydroxylation is 1. The molecule has 0 N–H and O–H groups in total. The molecule has 2 aromatic heterocycles. The van der Waals surface area contributed by atoms with E-state index in [-0.39, 0.29) is 42.3 Å². The van der Waals surface area contributed by atoms with Crippen molar-refractivity contribution in [1.29, 1.82) is 0 Å². The molecule has 160 valence electrons. The van der Waals surface area contributed by atoms with Crippen LogP contribution in [0.25, 0.3) is 11.0 Å². The lowest BCUT2D eigenvalue weighted by Crippen LogP contribution is -2.42. The summed E-state index contributed by atoms with van der Waals surface area (Å²) in [6.45, 7) is 5.04. The van der Waals surface area contributed by atoms with E-state index in [1.807, 2.05) is 13.2 Å². The third kappa shape index (κ3) is 3.94. The number of hydrogen-bond donors (Lipinski definition) is 0. The monoisotopic (exact) mass is 440 g/mol. The number of halogens is 2. The molecule has 0 aromatic carbocycles. The molecule has 3 aliphatic rings. The number of aromatic nitrogens is 2. The highest BCUT2D eigenvalue weighted by Crippen LogP contribution is 2.44. The van der Waals surface area contributed by atoms with E-state index in [0.29, 0.717) is 0 Å². The summed E-state index contributed by atoms with van der Waals surface area (Å²) >= 11 is 0. The Morgan fingerprint density at radius 3 is 2.59 bits per heavy atom. The Balaban J connectivity index is 0.00000120. The summed E-state index contributed by atoms with van der Waals surface area (Å²) in [4.78, 5) is 22.1. The van der Waals surface area contributed by atoms with Crippen molar-refractivity contribution in [2.45, 2.75) is 38.2 Å². The van der Waals surface area contributed by atoms with Crippen LogP contribution in [0.4, 0.5) is 5.69 Å². The van der Waals surface area contributed by atoms with Crippen molar-refractivity contribution in [3.05, 3.63) is 24.5 Å². The molecule has 5 rings (SSSR count). The zero-order valence-corrected chi connectivity index (χ0v) is 18.5. The number of ether oxygens (including phenoxy) is 1. The van der Waals surface area contributed by atoms with E-state index in [0.717, 1.165) is 57.6 Å². The summed E-state index contributed by atoms with van der Waals surface area (Å²) in [7, 11) is 2.03. The molecular formula is C21H30Cl2N4O2. The SMILES string of the molecule is Cl.Cl.Cn1ccc2c(N3CCC4(CC3)CC(CN3CCCC3)OC4=O)ccnc21. The zero-order valence-electron chi connectivity index (χ0n) is 16.9.